The summed E-state index contributed by atoms with van der Waals surface area (Å²) in [6, 6.07) is 5.33. The third kappa shape index (κ3) is 1.65. The molecule has 0 aliphatic carbocycles. The predicted molar refractivity (Wildman–Crippen MR) is 67.3 cm³/mol. The Labute approximate surface area is 114 Å². The summed E-state index contributed by atoms with van der Waals surface area (Å²) in [7, 11) is 0. The number of hydrogen-bond acceptors (Lipinski definition) is 7. The van der Waals surface area contributed by atoms with Gasteiger partial charge in [0, 0.05) is 6.42 Å². The molecule has 3 unspecified atom stereocenters. The second-order valence-corrected chi connectivity index (χ2v) is 4.72. The van der Waals surface area contributed by atoms with Crippen molar-refractivity contribution in [3.8, 4) is 6.07 Å². The number of fused-ring (bicyclic) bond motifs is 1. The highest BCUT2D eigenvalue weighted by molar-refractivity contribution is 5.65. The Morgan fingerprint density at radius 3 is 3.05 bits per heavy atom. The van der Waals surface area contributed by atoms with E-state index in [0.29, 0.717) is 17.0 Å². The Kier molecular flexibility index (Phi) is 2.83. The molecular formula is C12H13N5O3. The average Bonchev–Trinajstić information content (AvgIpc) is 3.01. The van der Waals surface area contributed by atoms with Crippen LogP contribution >= 0.6 is 0 Å². The maximum Gasteiger partial charge on any atom is 0.203 e. The molecule has 0 amide bonds. The summed E-state index contributed by atoms with van der Waals surface area (Å²) >= 11 is 0. The number of nitrogens with two attached hydrogens (primary N) is 1. The van der Waals surface area contributed by atoms with Crippen molar-refractivity contribution in [1.82, 2.24) is 14.6 Å². The maximum atomic E-state index is 9.96. The minimum atomic E-state index is -1.59. The van der Waals surface area contributed by atoms with Gasteiger partial charge in [-0.05, 0) is 12.1 Å². The first-order valence-corrected chi connectivity index (χ1v) is 6.07. The number of hydrogen-bond donors (Lipinski definition) is 3. The van der Waals surface area contributed by atoms with Gasteiger partial charge >= 0.3 is 0 Å². The molecule has 0 radical (unpaired) electrons. The van der Waals surface area contributed by atoms with Gasteiger partial charge in [0.1, 0.15) is 30.1 Å². The Balaban J connectivity index is 2.02. The fraction of sp³-hybridized carbons (Fsp3) is 0.417. The molecule has 4 N–H and O–H groups in total. The molecule has 1 saturated heterocycles. The summed E-state index contributed by atoms with van der Waals surface area (Å²) in [5, 5.41) is 32.5. The van der Waals surface area contributed by atoms with E-state index in [1.54, 1.807) is 16.6 Å². The average molecular weight is 275 g/mol. The number of anilines is 1. The summed E-state index contributed by atoms with van der Waals surface area (Å²) in [6.07, 6.45) is -0.0915. The zero-order valence-electron chi connectivity index (χ0n) is 10.5. The van der Waals surface area contributed by atoms with E-state index in [1.807, 2.05) is 6.07 Å². The molecule has 0 saturated carbocycles. The lowest BCUT2D eigenvalue weighted by molar-refractivity contribution is -0.0746. The van der Waals surface area contributed by atoms with Gasteiger partial charge in [0.25, 0.3) is 0 Å². The second-order valence-electron chi connectivity index (χ2n) is 4.72. The Morgan fingerprint density at radius 2 is 2.40 bits per heavy atom. The molecule has 8 nitrogen and oxygen atoms in total. The van der Waals surface area contributed by atoms with Gasteiger partial charge in [-0.25, -0.2) is 9.50 Å². The number of nitrogen functional groups attached to an aromatic ring is 1. The monoisotopic (exact) mass is 275 g/mol. The third-order valence-electron chi connectivity index (χ3n) is 3.59. The van der Waals surface area contributed by atoms with Crippen LogP contribution in [0.2, 0.25) is 0 Å². The first-order valence-electron chi connectivity index (χ1n) is 6.07. The lowest BCUT2D eigenvalue weighted by Crippen LogP contribution is -2.41. The lowest BCUT2D eigenvalue weighted by Gasteiger charge is -2.21. The van der Waals surface area contributed by atoms with Crippen molar-refractivity contribution in [2.45, 2.75) is 24.2 Å². The van der Waals surface area contributed by atoms with Crippen LogP contribution in [0.1, 0.15) is 18.2 Å². The van der Waals surface area contributed by atoms with E-state index in [-0.39, 0.29) is 6.42 Å². The fourth-order valence-corrected chi connectivity index (χ4v) is 2.45. The Bertz CT molecular complexity index is 694. The molecule has 3 atom stereocenters. The molecular weight excluding hydrogens is 262 g/mol. The van der Waals surface area contributed by atoms with Crippen molar-refractivity contribution in [2.24, 2.45) is 0 Å². The van der Waals surface area contributed by atoms with Crippen molar-refractivity contribution in [3.63, 3.8) is 0 Å². The summed E-state index contributed by atoms with van der Waals surface area (Å²) in [5.41, 5.74) is 5.43. The van der Waals surface area contributed by atoms with Crippen LogP contribution in [0.5, 0.6) is 0 Å². The van der Waals surface area contributed by atoms with E-state index in [1.165, 1.54) is 6.33 Å². The van der Waals surface area contributed by atoms with Gasteiger partial charge in [0.2, 0.25) is 5.60 Å². The topological polar surface area (TPSA) is 130 Å². The summed E-state index contributed by atoms with van der Waals surface area (Å²) in [4.78, 5) is 3.89. The predicted octanol–water partition coefficient (Wildman–Crippen LogP) is -0.612. The third-order valence-corrected chi connectivity index (χ3v) is 3.59. The van der Waals surface area contributed by atoms with E-state index in [0.717, 1.165) is 0 Å². The molecule has 1 aliphatic heterocycles. The number of ether oxygens (including phenoxy) is 1. The van der Waals surface area contributed by atoms with Gasteiger partial charge in [-0.1, -0.05) is 0 Å². The van der Waals surface area contributed by atoms with Crippen LogP contribution in [0.15, 0.2) is 18.5 Å². The maximum absolute atomic E-state index is 9.96. The van der Waals surface area contributed by atoms with Gasteiger partial charge in [-0.3, -0.25) is 0 Å². The quantitative estimate of drug-likeness (QED) is 0.666. The number of rotatable bonds is 2. The van der Waals surface area contributed by atoms with Crippen LogP contribution in [0.25, 0.3) is 5.52 Å². The summed E-state index contributed by atoms with van der Waals surface area (Å²) in [5.74, 6) is 0.332. The van der Waals surface area contributed by atoms with Gasteiger partial charge in [0.15, 0.2) is 5.82 Å². The molecule has 0 spiro atoms. The van der Waals surface area contributed by atoms with Crippen molar-refractivity contribution >= 4 is 11.3 Å². The summed E-state index contributed by atoms with van der Waals surface area (Å²) < 4.78 is 7.13. The van der Waals surface area contributed by atoms with Crippen LogP contribution in [0, 0.1) is 11.3 Å². The fourth-order valence-electron chi connectivity index (χ4n) is 2.45. The van der Waals surface area contributed by atoms with Crippen molar-refractivity contribution < 1.29 is 14.9 Å². The van der Waals surface area contributed by atoms with Gasteiger partial charge in [0.05, 0.1) is 12.3 Å². The lowest BCUT2D eigenvalue weighted by atomic mass is 9.99. The molecule has 1 aliphatic rings. The highest BCUT2D eigenvalue weighted by atomic mass is 16.5. The highest BCUT2D eigenvalue weighted by Crippen LogP contribution is 2.39. The van der Waals surface area contributed by atoms with Crippen LogP contribution in [-0.4, -0.2) is 43.1 Å². The molecule has 3 heterocycles. The number of aliphatic hydroxyl groups is 2. The molecule has 1 fully saturated rings. The zero-order valence-corrected chi connectivity index (χ0v) is 10.5. The number of aliphatic hydroxyl groups excluding tert-OH is 2. The van der Waals surface area contributed by atoms with Crippen molar-refractivity contribution in [2.75, 3.05) is 12.3 Å². The molecule has 2 aromatic rings. The molecule has 3 rings (SSSR count). The van der Waals surface area contributed by atoms with Crippen LogP contribution < -0.4 is 5.73 Å². The van der Waals surface area contributed by atoms with E-state index in [9.17, 15) is 10.2 Å². The van der Waals surface area contributed by atoms with Crippen LogP contribution in [0.4, 0.5) is 5.82 Å². The van der Waals surface area contributed by atoms with Gasteiger partial charge in [-0.15, -0.1) is 0 Å². The van der Waals surface area contributed by atoms with Gasteiger partial charge in [-0.2, -0.15) is 10.4 Å². The molecule has 0 bridgehead atoms. The number of nitriles is 1. The largest absolute Gasteiger partial charge is 0.392 e. The van der Waals surface area contributed by atoms with Gasteiger partial charge < -0.3 is 20.7 Å². The molecule has 0 aromatic carbocycles. The van der Waals surface area contributed by atoms with E-state index >= 15 is 0 Å². The number of aromatic nitrogens is 3. The molecule has 20 heavy (non-hydrogen) atoms. The SMILES string of the molecule is N#CC1(CO)OC(c2ccc3c(N)ncnn23)CC1O. The normalized spacial score (nSPS) is 29.6. The van der Waals surface area contributed by atoms with Crippen LogP contribution in [0.3, 0.4) is 0 Å². The van der Waals surface area contributed by atoms with E-state index < -0.39 is 24.4 Å². The smallest absolute Gasteiger partial charge is 0.203 e. The first-order chi connectivity index (χ1) is 9.61. The zero-order chi connectivity index (χ0) is 14.3. The highest BCUT2D eigenvalue weighted by Gasteiger charge is 2.49. The number of nitrogens with zero attached hydrogens (tertiary/aromatic N) is 4. The minimum Gasteiger partial charge on any atom is -0.392 e. The Morgan fingerprint density at radius 1 is 1.60 bits per heavy atom. The molecule has 104 valence electrons. The van der Waals surface area contributed by atoms with Crippen LogP contribution in [-0.2, 0) is 4.74 Å². The molecule has 8 heteroatoms. The summed E-state index contributed by atoms with van der Waals surface area (Å²) in [6.45, 7) is -0.568. The molecule has 2 aromatic heterocycles. The second kappa shape index (κ2) is 4.42. The standard InChI is InChI=1S/C12H13N5O3/c13-4-12(5-18)10(19)3-9(20-12)7-1-2-8-11(14)15-6-16-17(7)8/h1-2,6,9-10,18-19H,3,5H2,(H2,14,15,16). The Hall–Kier alpha value is -2.21. The first kappa shape index (κ1) is 12.8. The van der Waals surface area contributed by atoms with Crippen molar-refractivity contribution in [3.05, 3.63) is 24.2 Å². The van der Waals surface area contributed by atoms with E-state index in [2.05, 4.69) is 10.1 Å². The van der Waals surface area contributed by atoms with E-state index in [4.69, 9.17) is 15.7 Å². The van der Waals surface area contributed by atoms with Crippen molar-refractivity contribution in [1.29, 1.82) is 5.26 Å². The minimum absolute atomic E-state index is 0.199.